The average Bonchev–Trinajstić information content (AvgIpc) is 2.80. The zero-order chi connectivity index (χ0) is 18.9. The first-order valence-electron chi connectivity index (χ1n) is 10.1. The normalized spacial score (nSPS) is 26.0. The molecule has 0 spiro atoms. The molecule has 2 aliphatic carbocycles. The minimum Gasteiger partial charge on any atom is -0.379 e. The Bertz CT molecular complexity index is 774. The molecule has 0 radical (unpaired) electrons. The van der Waals surface area contributed by atoms with E-state index in [9.17, 15) is 8.42 Å². The average molecular weight is 391 g/mol. The summed E-state index contributed by atoms with van der Waals surface area (Å²) in [5, 5.41) is 0. The fraction of sp³-hybridized carbons (Fsp3) is 0.619. The van der Waals surface area contributed by atoms with E-state index in [-0.39, 0.29) is 6.10 Å². The molecule has 0 amide bonds. The van der Waals surface area contributed by atoms with E-state index < -0.39 is 10.0 Å². The van der Waals surface area contributed by atoms with Gasteiger partial charge >= 0.3 is 0 Å². The summed E-state index contributed by atoms with van der Waals surface area (Å²) in [6.07, 6.45) is 17.0. The van der Waals surface area contributed by atoms with Gasteiger partial charge in [0, 0.05) is 39.3 Å². The number of nitrogens with zero attached hydrogens (tertiary/aromatic N) is 2. The molecule has 0 unspecified atom stereocenters. The van der Waals surface area contributed by atoms with Gasteiger partial charge in [0.05, 0.1) is 11.0 Å². The smallest absolute Gasteiger partial charge is 0.243 e. The van der Waals surface area contributed by atoms with Crippen LogP contribution < -0.4 is 0 Å². The third-order valence-electron chi connectivity index (χ3n) is 6.30. The Labute approximate surface area is 163 Å². The first kappa shape index (κ1) is 19.1. The van der Waals surface area contributed by atoms with Crippen LogP contribution in [-0.2, 0) is 14.8 Å². The fourth-order valence-corrected chi connectivity index (χ4v) is 5.66. The molecule has 3 fully saturated rings. The second-order valence-electron chi connectivity index (χ2n) is 8.02. The lowest BCUT2D eigenvalue weighted by Crippen LogP contribution is -2.54. The Morgan fingerprint density at radius 2 is 1.89 bits per heavy atom. The lowest BCUT2D eigenvalue weighted by atomic mass is 9.89. The van der Waals surface area contributed by atoms with Gasteiger partial charge in [-0.25, -0.2) is 8.42 Å². The van der Waals surface area contributed by atoms with Crippen molar-refractivity contribution in [1.82, 2.24) is 9.21 Å². The maximum Gasteiger partial charge on any atom is 0.243 e. The maximum atomic E-state index is 12.7. The van der Waals surface area contributed by atoms with E-state index in [2.05, 4.69) is 11.0 Å². The van der Waals surface area contributed by atoms with Gasteiger partial charge in [0.15, 0.2) is 0 Å². The van der Waals surface area contributed by atoms with Crippen LogP contribution in [-0.4, -0.2) is 63.1 Å². The Morgan fingerprint density at radius 1 is 1.15 bits per heavy atom. The molecule has 0 N–H and O–H groups in total. The molecule has 5 nitrogen and oxygen atoms in total. The lowest BCUT2D eigenvalue weighted by Gasteiger charge is -2.40. The molecule has 148 valence electrons. The van der Waals surface area contributed by atoms with E-state index in [4.69, 9.17) is 4.74 Å². The van der Waals surface area contributed by atoms with Gasteiger partial charge in [-0.3, -0.25) is 4.90 Å². The van der Waals surface area contributed by atoms with Crippen LogP contribution in [0.5, 0.6) is 0 Å². The number of sulfonamides is 1. The Morgan fingerprint density at radius 3 is 2.52 bits per heavy atom. The number of rotatable bonds is 5. The van der Waals surface area contributed by atoms with Crippen molar-refractivity contribution in [2.24, 2.45) is 0 Å². The van der Waals surface area contributed by atoms with Crippen LogP contribution in [0.2, 0.25) is 0 Å². The number of methoxy groups -OCH3 is 1. The predicted molar refractivity (Wildman–Crippen MR) is 108 cm³/mol. The van der Waals surface area contributed by atoms with Crippen molar-refractivity contribution in [3.05, 3.63) is 46.4 Å². The van der Waals surface area contributed by atoms with Gasteiger partial charge in [-0.2, -0.15) is 4.31 Å². The molecule has 0 aromatic heterocycles. The summed E-state index contributed by atoms with van der Waals surface area (Å²) in [5.74, 6) is 0. The predicted octanol–water partition coefficient (Wildman–Crippen LogP) is 2.99. The second-order valence-corrected chi connectivity index (χ2v) is 9.96. The van der Waals surface area contributed by atoms with Crippen LogP contribution in [0, 0.1) is 0 Å². The molecule has 1 saturated carbocycles. The molecule has 0 bridgehead atoms. The zero-order valence-corrected chi connectivity index (χ0v) is 17.0. The molecule has 0 atom stereocenters. The van der Waals surface area contributed by atoms with Crippen molar-refractivity contribution >= 4 is 10.0 Å². The van der Waals surface area contributed by atoms with Gasteiger partial charge in [-0.1, -0.05) is 30.2 Å². The van der Waals surface area contributed by atoms with Crippen LogP contribution in [0.4, 0.5) is 0 Å². The first-order valence-corrected chi connectivity index (χ1v) is 11.5. The number of ether oxygens (including phenoxy) is 1. The molecule has 2 saturated heterocycles. The molecule has 2 heterocycles. The van der Waals surface area contributed by atoms with Gasteiger partial charge in [0.2, 0.25) is 10.0 Å². The van der Waals surface area contributed by atoms with Crippen molar-refractivity contribution in [3.8, 4) is 0 Å². The quantitative estimate of drug-likeness (QED) is 0.724. The number of allylic oxidation sites excluding steroid dienone is 6. The molecule has 6 heteroatoms. The van der Waals surface area contributed by atoms with Gasteiger partial charge in [-0.15, -0.1) is 0 Å². The summed E-state index contributed by atoms with van der Waals surface area (Å²) in [6.45, 7) is 3.24. The maximum absolute atomic E-state index is 12.7. The molecule has 0 aromatic carbocycles. The van der Waals surface area contributed by atoms with Crippen LogP contribution in [0.1, 0.15) is 38.5 Å². The van der Waals surface area contributed by atoms with Crippen molar-refractivity contribution in [2.75, 3.05) is 33.3 Å². The van der Waals surface area contributed by atoms with Crippen LogP contribution in [0.15, 0.2) is 46.4 Å². The van der Waals surface area contributed by atoms with E-state index in [1.807, 2.05) is 12.2 Å². The Kier molecular flexibility index (Phi) is 5.69. The second kappa shape index (κ2) is 8.03. The lowest BCUT2D eigenvalue weighted by molar-refractivity contribution is 0.0130. The minimum atomic E-state index is -3.41. The van der Waals surface area contributed by atoms with Gasteiger partial charge in [0.25, 0.3) is 0 Å². The molecule has 0 aromatic rings. The van der Waals surface area contributed by atoms with Crippen LogP contribution >= 0.6 is 0 Å². The summed E-state index contributed by atoms with van der Waals surface area (Å²) in [5.41, 5.74) is 2.69. The number of hydrogen-bond acceptors (Lipinski definition) is 4. The number of hydrogen-bond donors (Lipinski definition) is 0. The summed E-state index contributed by atoms with van der Waals surface area (Å²) < 4.78 is 32.1. The molecular formula is C21H30N2O3S. The topological polar surface area (TPSA) is 49.9 Å². The summed E-state index contributed by atoms with van der Waals surface area (Å²) in [6, 6.07) is 0.835. The van der Waals surface area contributed by atoms with E-state index >= 15 is 0 Å². The molecule has 27 heavy (non-hydrogen) atoms. The van der Waals surface area contributed by atoms with Crippen LogP contribution in [0.25, 0.3) is 0 Å². The highest BCUT2D eigenvalue weighted by Crippen LogP contribution is 2.30. The SMILES string of the molecule is COC1CN(S(=O)(=O)C2=CC=C(C=C3CCN(C4CCC4)CC3)CC=C2)C1. The van der Waals surface area contributed by atoms with Gasteiger partial charge in [-0.05, 0) is 49.8 Å². The molecule has 4 rings (SSSR count). The molecule has 4 aliphatic rings. The van der Waals surface area contributed by atoms with E-state index in [1.54, 1.807) is 19.3 Å². The van der Waals surface area contributed by atoms with Gasteiger partial charge in [0.1, 0.15) is 0 Å². The third-order valence-corrected chi connectivity index (χ3v) is 8.15. The minimum absolute atomic E-state index is 0.0248. The van der Waals surface area contributed by atoms with Crippen molar-refractivity contribution in [2.45, 2.75) is 50.7 Å². The Balaban J connectivity index is 1.39. The summed E-state index contributed by atoms with van der Waals surface area (Å²) >= 11 is 0. The molecular weight excluding hydrogens is 360 g/mol. The van der Waals surface area contributed by atoms with Crippen molar-refractivity contribution in [1.29, 1.82) is 0 Å². The summed E-state index contributed by atoms with van der Waals surface area (Å²) in [7, 11) is -1.78. The van der Waals surface area contributed by atoms with E-state index in [0.29, 0.717) is 18.0 Å². The standard InChI is InChI=1S/C21H30N2O3S/c1-26-20-15-23(16-20)27(24,25)21-7-2-4-17(8-9-21)14-18-10-12-22(13-11-18)19-5-3-6-19/h2,7-9,14,19-20H,3-6,10-13,15-16H2,1H3. The van der Waals surface area contributed by atoms with Crippen LogP contribution in [0.3, 0.4) is 0 Å². The first-order chi connectivity index (χ1) is 13.1. The number of likely N-dealkylation sites (tertiary alicyclic amines) is 1. The number of piperidine rings is 1. The van der Waals surface area contributed by atoms with Crippen molar-refractivity contribution < 1.29 is 13.2 Å². The van der Waals surface area contributed by atoms with Gasteiger partial charge < -0.3 is 4.74 Å². The highest BCUT2D eigenvalue weighted by molar-refractivity contribution is 7.93. The monoisotopic (exact) mass is 390 g/mol. The highest BCUT2D eigenvalue weighted by Gasteiger charge is 2.37. The third kappa shape index (κ3) is 4.14. The van der Waals surface area contributed by atoms with E-state index in [0.717, 1.165) is 25.3 Å². The Hall–Kier alpha value is -1.21. The molecule has 2 aliphatic heterocycles. The van der Waals surface area contributed by atoms with E-state index in [1.165, 1.54) is 47.8 Å². The highest BCUT2D eigenvalue weighted by atomic mass is 32.2. The fourth-order valence-electron chi connectivity index (χ4n) is 4.13. The summed E-state index contributed by atoms with van der Waals surface area (Å²) in [4.78, 5) is 3.03. The zero-order valence-electron chi connectivity index (χ0n) is 16.1. The largest absolute Gasteiger partial charge is 0.379 e. The van der Waals surface area contributed by atoms with Crippen molar-refractivity contribution in [3.63, 3.8) is 0 Å².